The molecule has 0 aliphatic heterocycles. The summed E-state index contributed by atoms with van der Waals surface area (Å²) in [5.41, 5.74) is -1.45. The summed E-state index contributed by atoms with van der Waals surface area (Å²) < 4.78 is 72.3. The van der Waals surface area contributed by atoms with Gasteiger partial charge in [0, 0.05) is 13.3 Å². The van der Waals surface area contributed by atoms with Crippen LogP contribution in [-0.2, 0) is 39.9 Å². The fourth-order valence-corrected chi connectivity index (χ4v) is 4.29. The van der Waals surface area contributed by atoms with E-state index in [-0.39, 0.29) is 12.2 Å². The van der Waals surface area contributed by atoms with Crippen LogP contribution in [0, 0.1) is 35.0 Å². The molecule has 0 saturated carbocycles. The fourth-order valence-electron chi connectivity index (χ4n) is 4.29. The van der Waals surface area contributed by atoms with E-state index in [1.54, 1.807) is 13.8 Å². The maximum absolute atomic E-state index is 13.9. The van der Waals surface area contributed by atoms with E-state index in [4.69, 9.17) is 0 Å². The van der Waals surface area contributed by atoms with Gasteiger partial charge in [-0.15, -0.1) is 0 Å². The molecule has 0 aromatic heterocycles. The third-order valence-corrected chi connectivity index (χ3v) is 6.91. The number of carboxylic acids is 1. The lowest BCUT2D eigenvalue weighted by molar-refractivity contribution is -0.141. The third kappa shape index (κ3) is 11.0. The number of esters is 1. The minimum Gasteiger partial charge on any atom is -0.508 e. The van der Waals surface area contributed by atoms with E-state index >= 15 is 0 Å². The number of ketones is 1. The Morgan fingerprint density at radius 2 is 1.26 bits per heavy atom. The standard InChI is InChI=1S/C31H33F5N4O10/c1-12(2)27(40-29(47)18(38-14(4)41)9-15-5-7-16(42)8-6-15)30(48)37-13(3)28(46)39-17(10-20(44)45)19(43)11-50-31(49)21-22(32)24(34)26(36)25(35)23(21)33/h5-8,12-13,17-18,27,42H,9-11H2,1-4H3,(H,37,48)(H,38,41)(H,39,46)(H,40,47)(H,44,45)/t13?,17-,18?,27-/m0/s1. The number of benzene rings is 2. The Labute approximate surface area is 280 Å². The maximum Gasteiger partial charge on any atom is 0.344 e. The van der Waals surface area contributed by atoms with Crippen molar-refractivity contribution in [3.05, 3.63) is 64.5 Å². The van der Waals surface area contributed by atoms with E-state index in [0.717, 1.165) is 6.92 Å². The molecule has 0 fully saturated rings. The first kappa shape index (κ1) is 40.6. The van der Waals surface area contributed by atoms with Gasteiger partial charge in [0.15, 0.2) is 35.7 Å². The van der Waals surface area contributed by atoms with Crippen LogP contribution in [0.1, 0.15) is 50.0 Å². The highest BCUT2D eigenvalue weighted by molar-refractivity contribution is 5.98. The van der Waals surface area contributed by atoms with Gasteiger partial charge < -0.3 is 36.2 Å². The van der Waals surface area contributed by atoms with Crippen LogP contribution in [0.2, 0.25) is 0 Å². The van der Waals surface area contributed by atoms with E-state index in [1.165, 1.54) is 31.2 Å². The third-order valence-electron chi connectivity index (χ3n) is 6.91. The van der Waals surface area contributed by atoms with Gasteiger partial charge in [0.2, 0.25) is 29.4 Å². The molecule has 0 radical (unpaired) electrons. The van der Waals surface area contributed by atoms with Crippen LogP contribution in [0.4, 0.5) is 22.0 Å². The molecule has 0 aliphatic carbocycles. The van der Waals surface area contributed by atoms with Crippen molar-refractivity contribution in [2.75, 3.05) is 6.61 Å². The van der Waals surface area contributed by atoms with E-state index in [2.05, 4.69) is 20.7 Å². The van der Waals surface area contributed by atoms with Gasteiger partial charge in [0.1, 0.15) is 35.5 Å². The molecule has 0 spiro atoms. The van der Waals surface area contributed by atoms with Gasteiger partial charge in [0.25, 0.3) is 0 Å². The van der Waals surface area contributed by atoms with Crippen LogP contribution < -0.4 is 21.3 Å². The van der Waals surface area contributed by atoms with E-state index in [1.807, 2.05) is 5.32 Å². The molecule has 272 valence electrons. The summed E-state index contributed by atoms with van der Waals surface area (Å²) in [4.78, 5) is 86.9. The first-order valence-corrected chi connectivity index (χ1v) is 14.6. The molecule has 4 amide bonds. The van der Waals surface area contributed by atoms with Crippen LogP contribution in [-0.4, -0.2) is 82.3 Å². The predicted octanol–water partition coefficient (Wildman–Crippen LogP) is 1.17. The van der Waals surface area contributed by atoms with Crippen molar-refractivity contribution >= 4 is 41.4 Å². The molecule has 0 saturated heterocycles. The molecule has 4 atom stereocenters. The number of nitrogens with one attached hydrogen (secondary N) is 4. The van der Waals surface area contributed by atoms with Crippen molar-refractivity contribution < 1.29 is 70.5 Å². The number of halogens is 5. The van der Waals surface area contributed by atoms with Crippen LogP contribution in [0.5, 0.6) is 5.75 Å². The van der Waals surface area contributed by atoms with Crippen LogP contribution in [0.15, 0.2) is 24.3 Å². The van der Waals surface area contributed by atoms with Crippen molar-refractivity contribution in [3.8, 4) is 5.75 Å². The van der Waals surface area contributed by atoms with Crippen LogP contribution in [0.3, 0.4) is 0 Å². The number of carbonyl (C=O) groups is 7. The molecule has 19 heteroatoms. The quantitative estimate of drug-likeness (QED) is 0.0631. The smallest absolute Gasteiger partial charge is 0.344 e. The number of aliphatic carboxylic acids is 1. The number of hydrogen-bond donors (Lipinski definition) is 6. The van der Waals surface area contributed by atoms with Gasteiger partial charge in [-0.2, -0.15) is 0 Å². The van der Waals surface area contributed by atoms with Gasteiger partial charge in [-0.25, -0.2) is 26.7 Å². The van der Waals surface area contributed by atoms with Crippen molar-refractivity contribution in [1.29, 1.82) is 0 Å². The number of aromatic hydroxyl groups is 1. The van der Waals surface area contributed by atoms with E-state index in [9.17, 15) is 65.7 Å². The number of phenolic OH excluding ortho intramolecular Hbond substituents is 1. The second-order valence-corrected chi connectivity index (χ2v) is 11.2. The van der Waals surface area contributed by atoms with Crippen molar-refractivity contribution in [1.82, 2.24) is 21.3 Å². The molecule has 14 nitrogen and oxygen atoms in total. The van der Waals surface area contributed by atoms with E-state index in [0.29, 0.717) is 5.56 Å². The lowest BCUT2D eigenvalue weighted by Crippen LogP contribution is -2.58. The summed E-state index contributed by atoms with van der Waals surface area (Å²) in [5, 5.41) is 27.9. The Kier molecular flexibility index (Phi) is 14.3. The van der Waals surface area contributed by atoms with Gasteiger partial charge in [-0.3, -0.25) is 28.8 Å². The SMILES string of the molecule is CC(=O)NC(Cc1ccc(O)cc1)C(=O)N[C@H](C(=O)NC(C)C(=O)N[C@@H](CC(=O)O)C(=O)COC(=O)c1c(F)c(F)c(F)c(F)c1F)C(C)C. The van der Waals surface area contributed by atoms with Gasteiger partial charge in [-0.05, 0) is 30.5 Å². The highest BCUT2D eigenvalue weighted by Crippen LogP contribution is 2.23. The maximum atomic E-state index is 13.9. The van der Waals surface area contributed by atoms with Crippen LogP contribution in [0.25, 0.3) is 0 Å². The fraction of sp³-hybridized carbons (Fsp3) is 0.387. The van der Waals surface area contributed by atoms with Gasteiger partial charge >= 0.3 is 11.9 Å². The van der Waals surface area contributed by atoms with Crippen LogP contribution >= 0.6 is 0 Å². The van der Waals surface area contributed by atoms with Crippen molar-refractivity contribution in [2.24, 2.45) is 5.92 Å². The molecule has 0 heterocycles. The number of hydrogen-bond acceptors (Lipinski definition) is 9. The number of phenols is 1. The summed E-state index contributed by atoms with van der Waals surface area (Å²) in [6.07, 6.45) is -1.14. The lowest BCUT2D eigenvalue weighted by Gasteiger charge is -2.27. The summed E-state index contributed by atoms with van der Waals surface area (Å²) in [5.74, 6) is -21.8. The Morgan fingerprint density at radius 3 is 1.76 bits per heavy atom. The number of rotatable bonds is 16. The molecule has 2 rings (SSSR count). The first-order chi connectivity index (χ1) is 23.2. The topological polar surface area (TPSA) is 217 Å². The molecule has 0 aliphatic rings. The zero-order chi connectivity index (χ0) is 38.0. The minimum absolute atomic E-state index is 0.0210. The molecule has 6 N–H and O–H groups in total. The average molecular weight is 717 g/mol. The summed E-state index contributed by atoms with van der Waals surface area (Å²) in [7, 11) is 0. The molecule has 2 aromatic carbocycles. The zero-order valence-corrected chi connectivity index (χ0v) is 26.9. The number of amides is 4. The molecular weight excluding hydrogens is 683 g/mol. The second kappa shape index (κ2) is 17.7. The molecular formula is C31H33F5N4O10. The first-order valence-electron chi connectivity index (χ1n) is 14.6. The number of Topliss-reactive ketones (excluding diaryl/α,β-unsaturated/α-hetero) is 1. The molecule has 0 bridgehead atoms. The zero-order valence-electron chi connectivity index (χ0n) is 26.9. The normalized spacial score (nSPS) is 13.3. The number of carbonyl (C=O) groups excluding carboxylic acids is 6. The molecule has 2 unspecified atom stereocenters. The average Bonchev–Trinajstić information content (AvgIpc) is 3.03. The number of ether oxygens (including phenoxy) is 1. The van der Waals surface area contributed by atoms with Gasteiger partial charge in [0.05, 0.1) is 6.42 Å². The summed E-state index contributed by atoms with van der Waals surface area (Å²) in [6, 6.07) is -0.127. The minimum atomic E-state index is -2.56. The largest absolute Gasteiger partial charge is 0.508 e. The summed E-state index contributed by atoms with van der Waals surface area (Å²) >= 11 is 0. The molecule has 50 heavy (non-hydrogen) atoms. The highest BCUT2D eigenvalue weighted by Gasteiger charge is 2.34. The Balaban J connectivity index is 2.12. The van der Waals surface area contributed by atoms with Crippen molar-refractivity contribution in [3.63, 3.8) is 0 Å². The lowest BCUT2D eigenvalue weighted by atomic mass is 10.0. The van der Waals surface area contributed by atoms with E-state index < -0.39 is 119 Å². The number of carboxylic acid groups (broad SMARTS) is 1. The Bertz CT molecular complexity index is 1630. The van der Waals surface area contributed by atoms with Crippen molar-refractivity contribution in [2.45, 2.75) is 64.7 Å². The second-order valence-electron chi connectivity index (χ2n) is 11.2. The summed E-state index contributed by atoms with van der Waals surface area (Å²) in [6.45, 7) is 3.93. The Hall–Kier alpha value is -5.62. The highest BCUT2D eigenvalue weighted by atomic mass is 19.2. The Morgan fingerprint density at radius 1 is 0.720 bits per heavy atom. The monoisotopic (exact) mass is 716 g/mol. The molecule has 2 aromatic rings. The van der Waals surface area contributed by atoms with Gasteiger partial charge in [-0.1, -0.05) is 26.0 Å². The predicted molar refractivity (Wildman–Crippen MR) is 159 cm³/mol.